The number of hydrogen-bond donors (Lipinski definition) is 1. The number of rotatable bonds is 20. The van der Waals surface area contributed by atoms with Gasteiger partial charge in [-0.15, -0.1) is 0 Å². The molecular weight excluding hydrogens is 919 g/mol. The summed E-state index contributed by atoms with van der Waals surface area (Å²) in [4.78, 5) is 0. The third kappa shape index (κ3) is 18.9. The van der Waals surface area contributed by atoms with Gasteiger partial charge in [0, 0.05) is 27.0 Å². The molecule has 0 radical (unpaired) electrons. The summed E-state index contributed by atoms with van der Waals surface area (Å²) in [5.41, 5.74) is 6.78. The van der Waals surface area contributed by atoms with Crippen LogP contribution >= 0.6 is 0 Å². The lowest BCUT2D eigenvalue weighted by molar-refractivity contribution is -0.188. The molecule has 2 fully saturated rings. The molecule has 2 aliphatic carbocycles. The Bertz CT molecular complexity index is 2260. The zero-order chi connectivity index (χ0) is 51.9. The molecule has 4 atom stereocenters. The third-order valence-electron chi connectivity index (χ3n) is 13.5. The van der Waals surface area contributed by atoms with Crippen LogP contribution in [0.25, 0.3) is 0 Å². The molecule has 72 heavy (non-hydrogen) atoms. The number of aliphatic hydroxyl groups excluding tert-OH is 1. The van der Waals surface area contributed by atoms with E-state index in [0.29, 0.717) is 52.5 Å². The Labute approximate surface area is 432 Å². The van der Waals surface area contributed by atoms with Crippen molar-refractivity contribution in [2.24, 2.45) is 0 Å². The molecule has 6 aromatic rings. The van der Waals surface area contributed by atoms with Crippen molar-refractivity contribution in [3.63, 3.8) is 0 Å². The van der Waals surface area contributed by atoms with E-state index in [1.165, 1.54) is 6.82 Å². The lowest BCUT2D eigenvalue weighted by Crippen LogP contribution is -2.54. The van der Waals surface area contributed by atoms with Gasteiger partial charge >= 0.3 is 7.52 Å². The van der Waals surface area contributed by atoms with E-state index in [1.807, 2.05) is 97.1 Å². The van der Waals surface area contributed by atoms with Gasteiger partial charge in [0.2, 0.25) is 0 Å². The minimum atomic E-state index is -1.97. The van der Waals surface area contributed by atoms with Crippen LogP contribution in [-0.2, 0) is 72.5 Å². The average molecular weight is 999 g/mol. The molecule has 384 valence electrons. The van der Waals surface area contributed by atoms with Gasteiger partial charge in [0.05, 0.1) is 76.3 Å². The van der Waals surface area contributed by atoms with Crippen molar-refractivity contribution in [1.29, 1.82) is 1.34 Å². The molecule has 11 heteroatoms. The molecule has 8 rings (SSSR count). The molecular formula is C61H78BFO8Si. The van der Waals surface area contributed by atoms with Crippen molar-refractivity contribution < 1.29 is 42.3 Å². The largest absolute Gasteiger partial charge is 0.414 e. The maximum absolute atomic E-state index is 10.7. The van der Waals surface area contributed by atoms with E-state index in [0.717, 1.165) is 46.2 Å². The van der Waals surface area contributed by atoms with Crippen molar-refractivity contribution in [3.8, 4) is 0 Å². The number of halogens is 1. The van der Waals surface area contributed by atoms with Crippen molar-refractivity contribution in [2.75, 3.05) is 0 Å². The normalized spacial score (nSPS) is 22.3. The van der Waals surface area contributed by atoms with Gasteiger partial charge in [-0.05, 0) is 51.5 Å². The lowest BCUT2D eigenvalue weighted by atomic mass is 9.89. The minimum absolute atomic E-state index is 0.0639. The Hall–Kier alpha value is -4.79. The molecule has 8 nitrogen and oxygen atoms in total. The summed E-state index contributed by atoms with van der Waals surface area (Å²) >= 11 is 0. The maximum atomic E-state index is 10.7. The fraction of sp³-hybridized carbons (Fsp3) is 0.410. The number of hydrogen-bond acceptors (Lipinski definition) is 8. The molecule has 0 heterocycles. The molecule has 1 N–H and O–H groups in total. The van der Waals surface area contributed by atoms with Crippen molar-refractivity contribution >= 4 is 15.8 Å². The van der Waals surface area contributed by atoms with Crippen LogP contribution in [0.4, 0.5) is 4.32 Å². The highest BCUT2D eigenvalue weighted by molar-refractivity contribution is 6.74. The smallest absolute Gasteiger partial charge is 0.328 e. The van der Waals surface area contributed by atoms with Crippen molar-refractivity contribution in [2.45, 2.75) is 160 Å². The van der Waals surface area contributed by atoms with E-state index in [9.17, 15) is 9.42 Å². The van der Waals surface area contributed by atoms with Gasteiger partial charge in [-0.25, -0.2) is 0 Å². The first-order valence-electron chi connectivity index (χ1n) is 26.2. The van der Waals surface area contributed by atoms with Gasteiger partial charge in [-0.1, -0.05) is 210 Å². The Morgan fingerprint density at radius 2 is 0.681 bits per heavy atom. The lowest BCUT2D eigenvalue weighted by Gasteiger charge is -2.45. The zero-order valence-electron chi connectivity index (χ0n) is 44.3. The molecule has 0 spiro atoms. The minimum Gasteiger partial charge on any atom is -0.414 e. The predicted molar refractivity (Wildman–Crippen MR) is 291 cm³/mol. The number of benzene rings is 6. The van der Waals surface area contributed by atoms with E-state index in [1.54, 1.807) is 0 Å². The number of ether oxygens (including phenoxy) is 6. The van der Waals surface area contributed by atoms with Crippen molar-refractivity contribution in [3.05, 3.63) is 215 Å². The molecule has 0 saturated heterocycles. The molecule has 0 aromatic heterocycles. The van der Waals surface area contributed by atoms with Gasteiger partial charge in [-0.2, -0.15) is 0 Å². The first kappa shape index (κ1) is 55.0. The molecule has 4 unspecified atom stereocenters. The molecule has 0 bridgehead atoms. The van der Waals surface area contributed by atoms with Gasteiger partial charge < -0.3 is 42.3 Å². The highest BCUT2D eigenvalue weighted by Gasteiger charge is 2.46. The standard InChI is InChI=1S/C33H44O4Si.C27H30O4.CH4BF/c1-33(2,3)38(4,5)37-29-21-30(34-23-26-15-9-6-10-16-26)32(36-25-28-19-13-8-14-20-28)31(22-29)35-24-27-17-11-7-12-18-27;28-24-16-25(29-18-21-10-4-1-5-11-21)27(31-20-23-14-8-3-9-15-23)26(17-24)30-19-22-12-6-2-7-13-22;1-2-3/h6-20,29-32H,21-25H2,1-5H3;1-15,24-28H,16-20H2;2H,1H3/i;;2T. The Balaban J connectivity index is 0.000000226. The average Bonchev–Trinajstić information content (AvgIpc) is 3.39. The van der Waals surface area contributed by atoms with Gasteiger partial charge in [0.1, 0.15) is 12.2 Å². The van der Waals surface area contributed by atoms with Crippen LogP contribution in [0.1, 0.15) is 79.8 Å². The van der Waals surface area contributed by atoms with Crippen LogP contribution < -0.4 is 0 Å². The summed E-state index contributed by atoms with van der Waals surface area (Å²) in [6.45, 7) is 15.7. The first-order chi connectivity index (χ1) is 35.2. The second-order valence-electron chi connectivity index (χ2n) is 20.2. The van der Waals surface area contributed by atoms with E-state index in [2.05, 4.69) is 119 Å². The molecule has 2 aliphatic rings. The summed E-state index contributed by atoms with van der Waals surface area (Å²) in [5.74, 6) is 0. The predicted octanol–water partition coefficient (Wildman–Crippen LogP) is 13.2. The topological polar surface area (TPSA) is 84.8 Å². The molecule has 6 aromatic carbocycles. The van der Waals surface area contributed by atoms with E-state index in [4.69, 9.17) is 34.2 Å². The van der Waals surface area contributed by atoms with Gasteiger partial charge in [-0.3, -0.25) is 0 Å². The van der Waals surface area contributed by atoms with Crippen LogP contribution in [0.2, 0.25) is 25.0 Å². The molecule has 0 aliphatic heterocycles. The monoisotopic (exact) mass is 999 g/mol. The highest BCUT2D eigenvalue weighted by Crippen LogP contribution is 2.41. The quantitative estimate of drug-likeness (QED) is 0.0757. The Morgan fingerprint density at radius 1 is 0.458 bits per heavy atom. The van der Waals surface area contributed by atoms with Crippen LogP contribution in [0, 0.1) is 0 Å². The van der Waals surface area contributed by atoms with Crippen LogP contribution in [0.5, 0.6) is 0 Å². The van der Waals surface area contributed by atoms with Crippen LogP contribution in [-0.4, -0.2) is 71.1 Å². The Kier molecular flexibility index (Phi) is 22.7. The summed E-state index contributed by atoms with van der Waals surface area (Å²) in [7, 11) is -3.39. The fourth-order valence-electron chi connectivity index (χ4n) is 8.68. The maximum Gasteiger partial charge on any atom is 0.328 e. The van der Waals surface area contributed by atoms with Gasteiger partial charge in [0.25, 0.3) is 0 Å². The zero-order valence-corrected chi connectivity index (χ0v) is 44.3. The van der Waals surface area contributed by atoms with Crippen LogP contribution in [0.3, 0.4) is 0 Å². The summed E-state index contributed by atoms with van der Waals surface area (Å²) in [5, 5.41) is 10.7. The summed E-state index contributed by atoms with van der Waals surface area (Å²) in [6, 6.07) is 61.4. The van der Waals surface area contributed by atoms with Crippen molar-refractivity contribution in [1.82, 2.24) is 0 Å². The fourth-order valence-corrected chi connectivity index (χ4v) is 10.1. The Morgan fingerprint density at radius 3 is 0.917 bits per heavy atom. The van der Waals surface area contributed by atoms with E-state index >= 15 is 0 Å². The second-order valence-corrected chi connectivity index (χ2v) is 24.9. The van der Waals surface area contributed by atoms with E-state index in [-0.39, 0.29) is 47.8 Å². The summed E-state index contributed by atoms with van der Waals surface area (Å²) < 4.78 is 62.2. The number of aliphatic hydroxyl groups is 1. The third-order valence-corrected chi connectivity index (χ3v) is 18.1. The van der Waals surface area contributed by atoms with Gasteiger partial charge in [0.15, 0.2) is 8.32 Å². The molecule has 0 amide bonds. The SMILES string of the molecule is CC(C)(C)[Si](C)(C)OC1CC(OCc2ccccc2)C(OCc2ccccc2)C(OCc2ccccc2)C1.OC1CC(OCc2ccccc2)C(OCc2ccccc2)C(OCc2ccccc2)C1.[3H]B(C)F. The molecule has 2 saturated carbocycles. The van der Waals surface area contributed by atoms with Crippen LogP contribution in [0.15, 0.2) is 182 Å². The first-order valence-corrected chi connectivity index (χ1v) is 28.5. The second kappa shape index (κ2) is 29.8. The highest BCUT2D eigenvalue weighted by atomic mass is 28.4. The summed E-state index contributed by atoms with van der Waals surface area (Å²) in [6.07, 6.45) is 1.06. The van der Waals surface area contributed by atoms with E-state index < -0.39 is 21.9 Å².